The Labute approximate surface area is 192 Å². The third-order valence-electron chi connectivity index (χ3n) is 5.01. The van der Waals surface area contributed by atoms with Gasteiger partial charge in [-0.3, -0.25) is 4.90 Å². The van der Waals surface area contributed by atoms with Crippen molar-refractivity contribution < 1.29 is 0 Å². The van der Waals surface area contributed by atoms with E-state index in [1.807, 2.05) is 68.6 Å². The number of aliphatic imine (C=N–C) groups is 1. The van der Waals surface area contributed by atoms with Crippen LogP contribution in [0, 0.1) is 13.8 Å². The molecule has 0 fully saturated rings. The summed E-state index contributed by atoms with van der Waals surface area (Å²) in [4.78, 5) is 18.3. The van der Waals surface area contributed by atoms with Crippen molar-refractivity contribution in [3.05, 3.63) is 83.8 Å². The Kier molecular flexibility index (Phi) is 6.42. The zero-order chi connectivity index (χ0) is 22.5. The second-order valence-electron chi connectivity index (χ2n) is 7.48. The Balaban J connectivity index is 1.60. The summed E-state index contributed by atoms with van der Waals surface area (Å²) >= 11 is 5.70. The molecule has 2 aromatic carbocycles. The summed E-state index contributed by atoms with van der Waals surface area (Å²) in [5, 5.41) is 4.89. The summed E-state index contributed by atoms with van der Waals surface area (Å²) in [5.74, 6) is 0.558. The average molecular weight is 444 g/mol. The molecule has 2 aromatic heterocycles. The number of para-hydroxylation sites is 2. The molecule has 162 valence electrons. The van der Waals surface area contributed by atoms with Crippen molar-refractivity contribution in [2.75, 3.05) is 11.9 Å². The van der Waals surface area contributed by atoms with Crippen LogP contribution in [-0.2, 0) is 6.42 Å². The van der Waals surface area contributed by atoms with E-state index >= 15 is 0 Å². The Morgan fingerprint density at radius 3 is 2.50 bits per heavy atom. The molecule has 0 saturated carbocycles. The van der Waals surface area contributed by atoms with Crippen LogP contribution in [-0.4, -0.2) is 37.5 Å². The van der Waals surface area contributed by atoms with E-state index in [4.69, 9.17) is 18.0 Å². The Morgan fingerprint density at radius 2 is 1.75 bits per heavy atom. The fourth-order valence-corrected chi connectivity index (χ4v) is 3.83. The topological polar surface area (TPSA) is 95.2 Å². The Hall–Kier alpha value is -3.78. The van der Waals surface area contributed by atoms with Crippen molar-refractivity contribution in [3.8, 4) is 0 Å². The van der Waals surface area contributed by atoms with Crippen molar-refractivity contribution in [1.82, 2.24) is 19.9 Å². The molecule has 4 N–H and O–H groups in total. The average Bonchev–Trinajstić information content (AvgIpc) is 3.17. The van der Waals surface area contributed by atoms with Gasteiger partial charge in [-0.2, -0.15) is 4.99 Å². The smallest absolute Gasteiger partial charge is 0.253 e. The van der Waals surface area contributed by atoms with Gasteiger partial charge in [-0.25, -0.2) is 9.97 Å². The first-order valence-electron chi connectivity index (χ1n) is 10.3. The Morgan fingerprint density at radius 1 is 1.06 bits per heavy atom. The van der Waals surface area contributed by atoms with Gasteiger partial charge in [0.2, 0.25) is 5.96 Å². The van der Waals surface area contributed by atoms with Crippen LogP contribution in [0.3, 0.4) is 0 Å². The predicted molar refractivity (Wildman–Crippen MR) is 134 cm³/mol. The SMILES string of the molecule is Cc1cc(C)nc(/N=C(\N)N(CCc2c[nH]c3ccccc23)C(=S)Nc2ccccc2)n1. The highest BCUT2D eigenvalue weighted by atomic mass is 32.1. The number of aromatic amines is 1. The van der Waals surface area contributed by atoms with E-state index < -0.39 is 0 Å². The number of benzene rings is 2. The van der Waals surface area contributed by atoms with Gasteiger partial charge in [0, 0.05) is 40.7 Å². The maximum absolute atomic E-state index is 6.42. The minimum atomic E-state index is 0.239. The fourth-order valence-electron chi connectivity index (χ4n) is 3.52. The highest BCUT2D eigenvalue weighted by Crippen LogP contribution is 2.19. The quantitative estimate of drug-likeness (QED) is 0.239. The number of nitrogens with one attached hydrogen (secondary N) is 2. The van der Waals surface area contributed by atoms with Crippen LogP contribution in [0.1, 0.15) is 17.0 Å². The lowest BCUT2D eigenvalue weighted by Crippen LogP contribution is -2.45. The monoisotopic (exact) mass is 443 g/mol. The molecule has 7 nitrogen and oxygen atoms in total. The number of aromatic nitrogens is 3. The second kappa shape index (κ2) is 9.57. The molecule has 0 atom stereocenters. The van der Waals surface area contributed by atoms with Crippen LogP contribution in [0.25, 0.3) is 10.9 Å². The van der Waals surface area contributed by atoms with Gasteiger partial charge in [-0.1, -0.05) is 36.4 Å². The number of guanidine groups is 1. The number of nitrogens with zero attached hydrogens (tertiary/aromatic N) is 4. The first kappa shape index (κ1) is 21.5. The van der Waals surface area contributed by atoms with Gasteiger partial charge in [0.15, 0.2) is 5.11 Å². The van der Waals surface area contributed by atoms with Crippen molar-refractivity contribution in [3.63, 3.8) is 0 Å². The maximum atomic E-state index is 6.42. The van der Waals surface area contributed by atoms with Gasteiger partial charge in [0.25, 0.3) is 5.95 Å². The number of rotatable bonds is 5. The molecular weight excluding hydrogens is 418 g/mol. The largest absolute Gasteiger partial charge is 0.369 e. The van der Waals surface area contributed by atoms with Gasteiger partial charge in [-0.15, -0.1) is 0 Å². The van der Waals surface area contributed by atoms with E-state index in [0.29, 0.717) is 17.6 Å². The summed E-state index contributed by atoms with van der Waals surface area (Å²) in [5.41, 5.74) is 11.2. The predicted octanol–water partition coefficient (Wildman–Crippen LogP) is 4.46. The molecule has 0 bridgehead atoms. The zero-order valence-corrected chi connectivity index (χ0v) is 18.9. The summed E-state index contributed by atoms with van der Waals surface area (Å²) < 4.78 is 0. The van der Waals surface area contributed by atoms with Crippen molar-refractivity contribution >= 4 is 45.8 Å². The van der Waals surface area contributed by atoms with Gasteiger partial charge >= 0.3 is 0 Å². The van der Waals surface area contributed by atoms with Gasteiger partial charge < -0.3 is 16.0 Å². The number of anilines is 1. The number of nitrogens with two attached hydrogens (primary N) is 1. The molecule has 0 amide bonds. The first-order valence-corrected chi connectivity index (χ1v) is 10.8. The lowest BCUT2D eigenvalue weighted by atomic mass is 10.1. The number of aryl methyl sites for hydroxylation is 2. The van der Waals surface area contributed by atoms with Gasteiger partial charge in [-0.05, 0) is 62.3 Å². The number of hydrogen-bond donors (Lipinski definition) is 3. The molecule has 4 rings (SSSR count). The normalized spacial score (nSPS) is 11.5. The molecule has 0 aliphatic heterocycles. The van der Waals surface area contributed by atoms with Crippen molar-refractivity contribution in [2.24, 2.45) is 10.7 Å². The molecule has 0 saturated heterocycles. The highest BCUT2D eigenvalue weighted by molar-refractivity contribution is 7.80. The zero-order valence-electron chi connectivity index (χ0n) is 18.0. The Bertz CT molecular complexity index is 1240. The standard InChI is InChI=1S/C24H25N7S/c1-16-14-17(2)28-23(27-16)30-22(25)31(24(32)29-19-8-4-3-5-9-19)13-12-18-15-26-21-11-7-6-10-20(18)21/h3-11,14-15,26H,12-13H2,1-2H3,(H,29,32)(H2,25,27,28,30). The fraction of sp³-hybridized carbons (Fsp3) is 0.167. The van der Waals surface area contributed by atoms with Crippen LogP contribution in [0.4, 0.5) is 11.6 Å². The third-order valence-corrected chi connectivity index (χ3v) is 5.33. The van der Waals surface area contributed by atoms with Crippen LogP contribution in [0.5, 0.6) is 0 Å². The highest BCUT2D eigenvalue weighted by Gasteiger charge is 2.16. The molecule has 0 aliphatic rings. The molecule has 0 spiro atoms. The lowest BCUT2D eigenvalue weighted by Gasteiger charge is -2.24. The maximum Gasteiger partial charge on any atom is 0.253 e. The first-order chi connectivity index (χ1) is 15.5. The van der Waals surface area contributed by atoms with Gasteiger partial charge in [0.1, 0.15) is 0 Å². The molecule has 2 heterocycles. The lowest BCUT2D eigenvalue weighted by molar-refractivity contribution is 0.607. The van der Waals surface area contributed by atoms with E-state index in [1.165, 1.54) is 10.9 Å². The number of hydrogen-bond acceptors (Lipinski definition) is 4. The molecule has 32 heavy (non-hydrogen) atoms. The summed E-state index contributed by atoms with van der Waals surface area (Å²) in [6, 6.07) is 19.9. The second-order valence-corrected chi connectivity index (χ2v) is 7.86. The summed E-state index contributed by atoms with van der Waals surface area (Å²) in [6.45, 7) is 4.35. The van der Waals surface area contributed by atoms with E-state index in [1.54, 1.807) is 4.90 Å². The summed E-state index contributed by atoms with van der Waals surface area (Å²) in [7, 11) is 0. The molecule has 0 unspecified atom stereocenters. The summed E-state index contributed by atoms with van der Waals surface area (Å²) in [6.07, 6.45) is 2.75. The number of fused-ring (bicyclic) bond motifs is 1. The van der Waals surface area contributed by atoms with Gasteiger partial charge in [0.05, 0.1) is 0 Å². The van der Waals surface area contributed by atoms with Crippen molar-refractivity contribution in [1.29, 1.82) is 0 Å². The van der Waals surface area contributed by atoms with Crippen molar-refractivity contribution in [2.45, 2.75) is 20.3 Å². The molecule has 0 aliphatic carbocycles. The van der Waals surface area contributed by atoms with Crippen LogP contribution >= 0.6 is 12.2 Å². The molecule has 4 aromatic rings. The molecule has 0 radical (unpaired) electrons. The third kappa shape index (κ3) is 5.09. The number of H-pyrrole nitrogens is 1. The van der Waals surface area contributed by atoms with Crippen LogP contribution in [0.2, 0.25) is 0 Å². The molecular formula is C24H25N7S. The van der Waals surface area contributed by atoms with Crippen LogP contribution < -0.4 is 11.1 Å². The van der Waals surface area contributed by atoms with Crippen LogP contribution in [0.15, 0.2) is 71.9 Å². The minimum Gasteiger partial charge on any atom is -0.369 e. The van der Waals surface area contributed by atoms with E-state index in [9.17, 15) is 0 Å². The minimum absolute atomic E-state index is 0.239. The number of thiocarbonyl (C=S) groups is 1. The molecule has 8 heteroatoms. The van der Waals surface area contributed by atoms with E-state index in [0.717, 1.165) is 29.0 Å². The van der Waals surface area contributed by atoms with E-state index in [2.05, 4.69) is 37.4 Å². The van der Waals surface area contributed by atoms with E-state index in [-0.39, 0.29) is 5.96 Å².